The number of piperazine rings is 1. The van der Waals surface area contributed by atoms with Crippen LogP contribution in [0.2, 0.25) is 0 Å². The Morgan fingerprint density at radius 1 is 0.969 bits per heavy atom. The molecule has 0 saturated carbocycles. The summed E-state index contributed by atoms with van der Waals surface area (Å²) in [5.74, 6) is -0.478. The Labute approximate surface area is 185 Å². The van der Waals surface area contributed by atoms with E-state index in [0.29, 0.717) is 35.8 Å². The summed E-state index contributed by atoms with van der Waals surface area (Å²) >= 11 is 0. The zero-order valence-corrected chi connectivity index (χ0v) is 18.0. The molecule has 1 saturated heterocycles. The Kier molecular flexibility index (Phi) is 5.91. The first-order valence-electron chi connectivity index (χ1n) is 10.4. The number of para-hydroxylation sites is 2. The van der Waals surface area contributed by atoms with Crippen molar-refractivity contribution in [2.45, 2.75) is 6.92 Å². The highest BCUT2D eigenvalue weighted by atomic mass is 16.6. The second kappa shape index (κ2) is 8.80. The van der Waals surface area contributed by atoms with Crippen molar-refractivity contribution in [2.75, 3.05) is 44.7 Å². The number of nitro groups is 1. The number of rotatable bonds is 6. The zero-order chi connectivity index (χ0) is 22.8. The molecular weight excluding hydrogens is 412 g/mol. The van der Waals surface area contributed by atoms with Crippen LogP contribution in [0, 0.1) is 10.1 Å². The standard InChI is InChI=1S/C23H24N4O5/c1-3-24-12-14-25(15-13-24)21-20(16-8-10-17(11-9-16)27(30)31)22(28)26(23(21)29)18-6-4-5-7-19(18)32-2/h4-11H,3,12-15H2,1-2H3. The number of benzene rings is 2. The fraction of sp³-hybridized carbons (Fsp3) is 0.304. The molecule has 2 heterocycles. The molecule has 0 aromatic heterocycles. The molecule has 2 aromatic rings. The van der Waals surface area contributed by atoms with Crippen LogP contribution in [0.1, 0.15) is 12.5 Å². The molecule has 0 radical (unpaired) electrons. The van der Waals surface area contributed by atoms with Gasteiger partial charge in [-0.25, -0.2) is 4.90 Å². The smallest absolute Gasteiger partial charge is 0.282 e. The molecule has 0 spiro atoms. The molecule has 2 aliphatic heterocycles. The number of amides is 2. The third kappa shape index (κ3) is 3.71. The Morgan fingerprint density at radius 3 is 2.22 bits per heavy atom. The molecule has 9 heteroatoms. The van der Waals surface area contributed by atoms with Crippen molar-refractivity contribution in [3.8, 4) is 5.75 Å². The summed E-state index contributed by atoms with van der Waals surface area (Å²) in [6.07, 6.45) is 0. The summed E-state index contributed by atoms with van der Waals surface area (Å²) in [5, 5.41) is 11.1. The first kappa shape index (κ1) is 21.5. The predicted octanol–water partition coefficient (Wildman–Crippen LogP) is 2.53. The van der Waals surface area contributed by atoms with Crippen LogP contribution in [0.5, 0.6) is 5.75 Å². The van der Waals surface area contributed by atoms with E-state index >= 15 is 0 Å². The Bertz CT molecular complexity index is 1090. The quantitative estimate of drug-likeness (QED) is 0.390. The number of anilines is 1. The van der Waals surface area contributed by atoms with E-state index in [2.05, 4.69) is 11.8 Å². The van der Waals surface area contributed by atoms with Crippen molar-refractivity contribution in [3.05, 3.63) is 69.9 Å². The van der Waals surface area contributed by atoms with Gasteiger partial charge in [-0.05, 0) is 36.4 Å². The number of nitrogens with zero attached hydrogens (tertiary/aromatic N) is 4. The zero-order valence-electron chi connectivity index (χ0n) is 18.0. The van der Waals surface area contributed by atoms with Crippen molar-refractivity contribution < 1.29 is 19.2 Å². The topological polar surface area (TPSA) is 96.2 Å². The van der Waals surface area contributed by atoms with Crippen molar-refractivity contribution >= 4 is 28.8 Å². The Hall–Kier alpha value is -3.72. The van der Waals surface area contributed by atoms with Crippen LogP contribution in [0.25, 0.3) is 5.57 Å². The van der Waals surface area contributed by atoms with Gasteiger partial charge in [0, 0.05) is 38.3 Å². The molecule has 0 aliphatic carbocycles. The normalized spacial score (nSPS) is 17.3. The first-order valence-corrected chi connectivity index (χ1v) is 10.4. The van der Waals surface area contributed by atoms with E-state index in [-0.39, 0.29) is 11.3 Å². The molecule has 166 valence electrons. The summed E-state index contributed by atoms with van der Waals surface area (Å²) in [6.45, 7) is 5.79. The van der Waals surface area contributed by atoms with E-state index in [1.807, 2.05) is 4.90 Å². The molecule has 0 bridgehead atoms. The number of imide groups is 1. The maximum Gasteiger partial charge on any atom is 0.282 e. The van der Waals surface area contributed by atoms with Crippen LogP contribution in [0.15, 0.2) is 54.2 Å². The van der Waals surface area contributed by atoms with Crippen LogP contribution >= 0.6 is 0 Å². The molecule has 9 nitrogen and oxygen atoms in total. The molecule has 2 amide bonds. The lowest BCUT2D eigenvalue weighted by Crippen LogP contribution is -2.47. The van der Waals surface area contributed by atoms with Gasteiger partial charge in [0.15, 0.2) is 0 Å². The number of likely N-dealkylation sites (N-methyl/N-ethyl adjacent to an activating group) is 1. The highest BCUT2D eigenvalue weighted by molar-refractivity contribution is 6.45. The Morgan fingerprint density at radius 2 is 1.62 bits per heavy atom. The average Bonchev–Trinajstić information content (AvgIpc) is 3.08. The van der Waals surface area contributed by atoms with E-state index in [0.717, 1.165) is 24.5 Å². The number of methoxy groups -OCH3 is 1. The number of nitro benzene ring substituents is 1. The summed E-state index contributed by atoms with van der Waals surface area (Å²) in [7, 11) is 1.49. The summed E-state index contributed by atoms with van der Waals surface area (Å²) < 4.78 is 5.39. The predicted molar refractivity (Wildman–Crippen MR) is 119 cm³/mol. The van der Waals surface area contributed by atoms with Gasteiger partial charge >= 0.3 is 0 Å². The molecule has 0 N–H and O–H groups in total. The summed E-state index contributed by atoms with van der Waals surface area (Å²) in [4.78, 5) is 43.2. The lowest BCUT2D eigenvalue weighted by atomic mass is 10.0. The van der Waals surface area contributed by atoms with Crippen LogP contribution in [-0.4, -0.2) is 66.4 Å². The lowest BCUT2D eigenvalue weighted by Gasteiger charge is -2.36. The third-order valence-corrected chi connectivity index (χ3v) is 5.89. The van der Waals surface area contributed by atoms with Gasteiger partial charge in [-0.15, -0.1) is 0 Å². The molecule has 2 aliphatic rings. The number of hydrogen-bond donors (Lipinski definition) is 0. The van der Waals surface area contributed by atoms with Crippen LogP contribution in [0.3, 0.4) is 0 Å². The molecule has 0 unspecified atom stereocenters. The van der Waals surface area contributed by atoms with E-state index in [9.17, 15) is 19.7 Å². The van der Waals surface area contributed by atoms with Crippen LogP contribution in [-0.2, 0) is 9.59 Å². The number of hydrogen-bond acceptors (Lipinski definition) is 7. The Balaban J connectivity index is 1.80. The molecule has 4 rings (SSSR count). The van der Waals surface area contributed by atoms with Gasteiger partial charge < -0.3 is 14.5 Å². The monoisotopic (exact) mass is 436 g/mol. The van der Waals surface area contributed by atoms with Crippen molar-refractivity contribution in [2.24, 2.45) is 0 Å². The van der Waals surface area contributed by atoms with E-state index in [1.54, 1.807) is 24.3 Å². The minimum atomic E-state index is -0.494. The number of non-ortho nitro benzene ring substituents is 1. The highest BCUT2D eigenvalue weighted by Gasteiger charge is 2.44. The van der Waals surface area contributed by atoms with Gasteiger partial charge in [-0.1, -0.05) is 19.1 Å². The fourth-order valence-corrected chi connectivity index (χ4v) is 4.14. The summed E-state index contributed by atoms with van der Waals surface area (Å²) in [5.41, 5.74) is 1.34. The third-order valence-electron chi connectivity index (χ3n) is 5.89. The lowest BCUT2D eigenvalue weighted by molar-refractivity contribution is -0.384. The van der Waals surface area contributed by atoms with E-state index < -0.39 is 16.7 Å². The van der Waals surface area contributed by atoms with Crippen LogP contribution < -0.4 is 9.64 Å². The highest BCUT2D eigenvalue weighted by Crippen LogP contribution is 2.39. The fourth-order valence-electron chi connectivity index (χ4n) is 4.14. The van der Waals surface area contributed by atoms with Crippen molar-refractivity contribution in [1.29, 1.82) is 0 Å². The minimum absolute atomic E-state index is 0.0779. The van der Waals surface area contributed by atoms with E-state index in [4.69, 9.17) is 4.74 Å². The second-order valence-electron chi connectivity index (χ2n) is 7.57. The van der Waals surface area contributed by atoms with Gasteiger partial charge in [0.1, 0.15) is 11.4 Å². The molecule has 2 aromatic carbocycles. The maximum absolute atomic E-state index is 13.6. The van der Waals surface area contributed by atoms with Crippen molar-refractivity contribution in [3.63, 3.8) is 0 Å². The first-order chi connectivity index (χ1) is 15.5. The van der Waals surface area contributed by atoms with Crippen LogP contribution in [0.4, 0.5) is 11.4 Å². The molecule has 1 fully saturated rings. The number of carbonyl (C=O) groups is 2. The van der Waals surface area contributed by atoms with E-state index in [1.165, 1.54) is 31.4 Å². The van der Waals surface area contributed by atoms with Gasteiger partial charge in [0.05, 0.1) is 23.3 Å². The SMILES string of the molecule is CCN1CCN(C2=C(c3ccc([N+](=O)[O-])cc3)C(=O)N(c3ccccc3OC)C2=O)CC1. The summed E-state index contributed by atoms with van der Waals surface area (Å²) in [6, 6.07) is 12.6. The maximum atomic E-state index is 13.6. The van der Waals surface area contributed by atoms with Crippen molar-refractivity contribution in [1.82, 2.24) is 9.80 Å². The second-order valence-corrected chi connectivity index (χ2v) is 7.57. The average molecular weight is 436 g/mol. The van der Waals surface area contributed by atoms with Gasteiger partial charge in [-0.2, -0.15) is 0 Å². The largest absolute Gasteiger partial charge is 0.495 e. The van der Waals surface area contributed by atoms with Gasteiger partial charge in [0.25, 0.3) is 17.5 Å². The minimum Gasteiger partial charge on any atom is -0.495 e. The van der Waals surface area contributed by atoms with Gasteiger partial charge in [0.2, 0.25) is 0 Å². The molecule has 32 heavy (non-hydrogen) atoms. The van der Waals surface area contributed by atoms with Gasteiger partial charge in [-0.3, -0.25) is 19.7 Å². The number of carbonyl (C=O) groups excluding carboxylic acids is 2. The molecular formula is C23H24N4O5. The number of ether oxygens (including phenoxy) is 1. The molecule has 0 atom stereocenters.